The molecule has 0 unspecified atom stereocenters. The van der Waals surface area contributed by atoms with Gasteiger partial charge in [-0.2, -0.15) is 0 Å². The van der Waals surface area contributed by atoms with Crippen molar-refractivity contribution in [2.45, 2.75) is 25.8 Å². The lowest BCUT2D eigenvalue weighted by Gasteiger charge is -2.26. The lowest BCUT2D eigenvalue weighted by Crippen LogP contribution is -2.35. The normalized spacial score (nSPS) is 17.1. The number of piperidine rings is 1. The Labute approximate surface area is 97.6 Å². The Morgan fingerprint density at radius 2 is 1.88 bits per heavy atom. The van der Waals surface area contributed by atoms with Crippen molar-refractivity contribution in [3.8, 4) is 0 Å². The van der Waals surface area contributed by atoms with Gasteiger partial charge in [0.1, 0.15) is 0 Å². The van der Waals surface area contributed by atoms with Crippen LogP contribution in [0.5, 0.6) is 0 Å². The van der Waals surface area contributed by atoms with E-state index in [2.05, 4.69) is 47.1 Å². The van der Waals surface area contributed by atoms with Gasteiger partial charge in [0.15, 0.2) is 0 Å². The molecule has 3 N–H and O–H groups in total. The molecule has 1 aliphatic heterocycles. The summed E-state index contributed by atoms with van der Waals surface area (Å²) in [5, 5.41) is 10.4. The zero-order chi connectivity index (χ0) is 11.2. The number of hydrogen-bond acceptors (Lipinski definition) is 3. The second-order valence-corrected chi connectivity index (χ2v) is 4.24. The predicted octanol–water partition coefficient (Wildman–Crippen LogP) is 2.28. The van der Waals surface area contributed by atoms with Crippen LogP contribution in [0.25, 0.3) is 0 Å². The summed E-state index contributed by atoms with van der Waals surface area (Å²) in [5.41, 5.74) is 2.44. The molecule has 3 nitrogen and oxygen atoms in total. The third-order valence-electron chi connectivity index (χ3n) is 2.99. The Morgan fingerprint density at radius 1 is 1.19 bits per heavy atom. The molecule has 0 bridgehead atoms. The highest BCUT2D eigenvalue weighted by Gasteiger charge is 2.13. The van der Waals surface area contributed by atoms with Gasteiger partial charge in [-0.25, -0.2) is 0 Å². The molecule has 88 valence electrons. The number of para-hydroxylation sites is 2. The Bertz CT molecular complexity index is 319. The molecule has 1 aromatic rings. The molecule has 0 radical (unpaired) electrons. The fraction of sp³-hybridized carbons (Fsp3) is 0.538. The van der Waals surface area contributed by atoms with Crippen LogP contribution in [0.2, 0.25) is 0 Å². The minimum absolute atomic E-state index is 0.612. The van der Waals surface area contributed by atoms with E-state index >= 15 is 0 Å². The molecular formula is C13H21N3. The minimum Gasteiger partial charge on any atom is -0.384 e. The van der Waals surface area contributed by atoms with Crippen molar-refractivity contribution in [2.24, 2.45) is 0 Å². The van der Waals surface area contributed by atoms with Gasteiger partial charge in [0.05, 0.1) is 11.4 Å². The quantitative estimate of drug-likeness (QED) is 0.727. The molecule has 1 aromatic carbocycles. The summed E-state index contributed by atoms with van der Waals surface area (Å²) < 4.78 is 0. The molecule has 0 atom stereocenters. The van der Waals surface area contributed by atoms with Crippen LogP contribution in [0.15, 0.2) is 24.3 Å². The maximum Gasteiger partial charge on any atom is 0.0578 e. The van der Waals surface area contributed by atoms with Crippen molar-refractivity contribution in [1.29, 1.82) is 0 Å². The number of rotatable bonds is 4. The van der Waals surface area contributed by atoms with Crippen LogP contribution in [-0.4, -0.2) is 25.7 Å². The summed E-state index contributed by atoms with van der Waals surface area (Å²) in [4.78, 5) is 0. The predicted molar refractivity (Wildman–Crippen MR) is 70.1 cm³/mol. The van der Waals surface area contributed by atoms with Gasteiger partial charge >= 0.3 is 0 Å². The number of benzene rings is 1. The number of anilines is 2. The van der Waals surface area contributed by atoms with Crippen LogP contribution in [0.3, 0.4) is 0 Å². The zero-order valence-electron chi connectivity index (χ0n) is 9.92. The minimum atomic E-state index is 0.612. The molecule has 1 saturated heterocycles. The summed E-state index contributed by atoms with van der Waals surface area (Å²) in [6.45, 7) is 5.34. The molecule has 0 aliphatic carbocycles. The third-order valence-corrected chi connectivity index (χ3v) is 2.99. The Morgan fingerprint density at radius 3 is 2.56 bits per heavy atom. The van der Waals surface area contributed by atoms with Crippen molar-refractivity contribution in [3.05, 3.63) is 24.3 Å². The smallest absolute Gasteiger partial charge is 0.0578 e. The molecule has 3 heteroatoms. The second-order valence-electron chi connectivity index (χ2n) is 4.24. The molecular weight excluding hydrogens is 198 g/mol. The van der Waals surface area contributed by atoms with Gasteiger partial charge in [-0.3, -0.25) is 0 Å². The lowest BCUT2D eigenvalue weighted by molar-refractivity contribution is 0.479. The van der Waals surface area contributed by atoms with E-state index in [1.165, 1.54) is 24.2 Å². The van der Waals surface area contributed by atoms with Crippen molar-refractivity contribution >= 4 is 11.4 Å². The maximum absolute atomic E-state index is 3.63. The molecule has 0 spiro atoms. The number of hydrogen-bond donors (Lipinski definition) is 3. The summed E-state index contributed by atoms with van der Waals surface area (Å²) in [6.07, 6.45) is 2.42. The van der Waals surface area contributed by atoms with E-state index in [1.54, 1.807) is 0 Å². The molecule has 16 heavy (non-hydrogen) atoms. The maximum atomic E-state index is 3.63. The summed E-state index contributed by atoms with van der Waals surface area (Å²) >= 11 is 0. The van der Waals surface area contributed by atoms with Crippen LogP contribution >= 0.6 is 0 Å². The Balaban J connectivity index is 2.01. The van der Waals surface area contributed by atoms with E-state index in [9.17, 15) is 0 Å². The highest BCUT2D eigenvalue weighted by Crippen LogP contribution is 2.23. The molecule has 2 rings (SSSR count). The fourth-order valence-corrected chi connectivity index (χ4v) is 2.14. The highest BCUT2D eigenvalue weighted by molar-refractivity contribution is 5.68. The molecule has 0 saturated carbocycles. The van der Waals surface area contributed by atoms with E-state index < -0.39 is 0 Å². The van der Waals surface area contributed by atoms with E-state index in [0.717, 1.165) is 19.6 Å². The van der Waals surface area contributed by atoms with Crippen LogP contribution in [0, 0.1) is 0 Å². The SMILES string of the molecule is CCNc1ccccc1NC1CCNCC1. The largest absolute Gasteiger partial charge is 0.384 e. The van der Waals surface area contributed by atoms with Crippen LogP contribution in [0.1, 0.15) is 19.8 Å². The van der Waals surface area contributed by atoms with Gasteiger partial charge in [0.2, 0.25) is 0 Å². The van der Waals surface area contributed by atoms with Crippen molar-refractivity contribution in [3.63, 3.8) is 0 Å². The standard InChI is InChI=1S/C13H21N3/c1-2-15-12-5-3-4-6-13(12)16-11-7-9-14-10-8-11/h3-6,11,14-16H,2,7-10H2,1H3. The van der Waals surface area contributed by atoms with Gasteiger partial charge in [-0.1, -0.05) is 12.1 Å². The lowest BCUT2D eigenvalue weighted by atomic mass is 10.1. The molecule has 0 aromatic heterocycles. The molecule has 1 aliphatic rings. The summed E-state index contributed by atoms with van der Waals surface area (Å²) in [5.74, 6) is 0. The fourth-order valence-electron chi connectivity index (χ4n) is 2.14. The van der Waals surface area contributed by atoms with Crippen molar-refractivity contribution < 1.29 is 0 Å². The van der Waals surface area contributed by atoms with Gasteiger partial charge in [-0.15, -0.1) is 0 Å². The molecule has 0 amide bonds. The van der Waals surface area contributed by atoms with Gasteiger partial charge in [0.25, 0.3) is 0 Å². The first-order valence-corrected chi connectivity index (χ1v) is 6.20. The molecule has 1 fully saturated rings. The van der Waals surface area contributed by atoms with Gasteiger partial charge in [0, 0.05) is 12.6 Å². The average molecular weight is 219 g/mol. The first-order valence-electron chi connectivity index (χ1n) is 6.20. The first-order chi connectivity index (χ1) is 7.90. The topological polar surface area (TPSA) is 36.1 Å². The average Bonchev–Trinajstić information content (AvgIpc) is 2.33. The van der Waals surface area contributed by atoms with E-state index in [1.807, 2.05) is 0 Å². The van der Waals surface area contributed by atoms with Gasteiger partial charge in [-0.05, 0) is 45.0 Å². The highest BCUT2D eigenvalue weighted by atomic mass is 15.0. The number of nitrogens with one attached hydrogen (secondary N) is 3. The summed E-state index contributed by atoms with van der Waals surface area (Å²) in [7, 11) is 0. The van der Waals surface area contributed by atoms with Crippen LogP contribution in [0.4, 0.5) is 11.4 Å². The first kappa shape index (κ1) is 11.3. The van der Waals surface area contributed by atoms with E-state index in [4.69, 9.17) is 0 Å². The Hall–Kier alpha value is -1.22. The second kappa shape index (κ2) is 5.75. The van der Waals surface area contributed by atoms with Crippen LogP contribution in [-0.2, 0) is 0 Å². The van der Waals surface area contributed by atoms with Crippen molar-refractivity contribution in [2.75, 3.05) is 30.3 Å². The van der Waals surface area contributed by atoms with Gasteiger partial charge < -0.3 is 16.0 Å². The van der Waals surface area contributed by atoms with Crippen molar-refractivity contribution in [1.82, 2.24) is 5.32 Å². The molecule has 1 heterocycles. The van der Waals surface area contributed by atoms with Crippen LogP contribution < -0.4 is 16.0 Å². The van der Waals surface area contributed by atoms with E-state index in [-0.39, 0.29) is 0 Å². The van der Waals surface area contributed by atoms with E-state index in [0.29, 0.717) is 6.04 Å². The monoisotopic (exact) mass is 219 g/mol. The zero-order valence-corrected chi connectivity index (χ0v) is 9.92. The Kier molecular flexibility index (Phi) is 4.05. The third kappa shape index (κ3) is 2.89. The summed E-state index contributed by atoms with van der Waals surface area (Å²) in [6, 6.07) is 9.06.